The number of halogens is 1. The van der Waals surface area contributed by atoms with Crippen molar-refractivity contribution >= 4 is 21.6 Å². The molecule has 2 rings (SSSR count). The van der Waals surface area contributed by atoms with Crippen LogP contribution in [0.4, 0.5) is 5.69 Å². The fourth-order valence-electron chi connectivity index (χ4n) is 2.73. The SMILES string of the molecule is CC(N)C1CCCN(Cc2cccc([N+](=O)[O-])c2Br)C1. The summed E-state index contributed by atoms with van der Waals surface area (Å²) in [7, 11) is 0. The second-order valence-corrected chi connectivity index (χ2v) is 6.30. The molecule has 1 aliphatic rings. The van der Waals surface area contributed by atoms with E-state index in [0.717, 1.165) is 31.6 Å². The standard InChI is InChI=1S/C14H20BrN3O2/c1-10(16)11-5-3-7-17(8-11)9-12-4-2-6-13(14(12)15)18(19)20/h2,4,6,10-11H,3,5,7-9,16H2,1H3. The number of nitrogens with two attached hydrogens (primary N) is 1. The second kappa shape index (κ2) is 6.65. The van der Waals surface area contributed by atoms with Crippen molar-refractivity contribution in [2.75, 3.05) is 13.1 Å². The third-order valence-corrected chi connectivity index (χ3v) is 4.85. The molecule has 0 radical (unpaired) electrons. The molecule has 2 unspecified atom stereocenters. The van der Waals surface area contributed by atoms with E-state index in [0.29, 0.717) is 10.4 Å². The molecular weight excluding hydrogens is 322 g/mol. The van der Waals surface area contributed by atoms with E-state index in [2.05, 4.69) is 27.8 Å². The minimum absolute atomic E-state index is 0.128. The van der Waals surface area contributed by atoms with Gasteiger partial charge in [-0.3, -0.25) is 15.0 Å². The van der Waals surface area contributed by atoms with Gasteiger partial charge in [0.1, 0.15) is 0 Å². The fourth-order valence-corrected chi connectivity index (χ4v) is 3.27. The summed E-state index contributed by atoms with van der Waals surface area (Å²) in [6, 6.07) is 5.40. The third-order valence-electron chi connectivity index (χ3n) is 3.93. The van der Waals surface area contributed by atoms with Crippen LogP contribution in [-0.2, 0) is 6.54 Å². The Bertz CT molecular complexity index is 493. The van der Waals surface area contributed by atoms with Crippen LogP contribution in [0.25, 0.3) is 0 Å². The highest BCUT2D eigenvalue weighted by atomic mass is 79.9. The van der Waals surface area contributed by atoms with Gasteiger partial charge in [0.05, 0.1) is 9.40 Å². The fraction of sp³-hybridized carbons (Fsp3) is 0.571. The number of hydrogen-bond acceptors (Lipinski definition) is 4. The van der Waals surface area contributed by atoms with Gasteiger partial charge in [0.2, 0.25) is 0 Å². The van der Waals surface area contributed by atoms with Crippen LogP contribution in [-0.4, -0.2) is 29.0 Å². The Kier molecular flexibility index (Phi) is 5.12. The summed E-state index contributed by atoms with van der Waals surface area (Å²) in [5.41, 5.74) is 7.08. The van der Waals surface area contributed by atoms with Crippen molar-refractivity contribution in [3.63, 3.8) is 0 Å². The molecule has 0 aliphatic carbocycles. The number of likely N-dealkylation sites (tertiary alicyclic amines) is 1. The van der Waals surface area contributed by atoms with Crippen LogP contribution in [0.15, 0.2) is 22.7 Å². The van der Waals surface area contributed by atoms with Crippen molar-refractivity contribution in [3.05, 3.63) is 38.3 Å². The van der Waals surface area contributed by atoms with Crippen LogP contribution in [0.2, 0.25) is 0 Å². The molecule has 0 spiro atoms. The Balaban J connectivity index is 2.10. The Morgan fingerprint density at radius 3 is 3.00 bits per heavy atom. The van der Waals surface area contributed by atoms with Gasteiger partial charge in [0, 0.05) is 25.2 Å². The number of piperidine rings is 1. The molecule has 0 bridgehead atoms. The summed E-state index contributed by atoms with van der Waals surface area (Å²) in [6.07, 6.45) is 2.31. The number of benzene rings is 1. The van der Waals surface area contributed by atoms with Crippen LogP contribution >= 0.6 is 15.9 Å². The van der Waals surface area contributed by atoms with E-state index in [1.54, 1.807) is 6.07 Å². The monoisotopic (exact) mass is 341 g/mol. The number of rotatable bonds is 4. The van der Waals surface area contributed by atoms with Crippen LogP contribution in [0, 0.1) is 16.0 Å². The van der Waals surface area contributed by atoms with E-state index in [-0.39, 0.29) is 16.7 Å². The first-order chi connectivity index (χ1) is 9.49. The molecule has 110 valence electrons. The highest BCUT2D eigenvalue weighted by Gasteiger charge is 2.24. The molecule has 6 heteroatoms. The molecule has 5 nitrogen and oxygen atoms in total. The lowest BCUT2D eigenvalue weighted by molar-refractivity contribution is -0.385. The third kappa shape index (κ3) is 3.56. The topological polar surface area (TPSA) is 72.4 Å². The minimum atomic E-state index is -0.353. The molecule has 1 heterocycles. The van der Waals surface area contributed by atoms with E-state index in [1.165, 1.54) is 12.5 Å². The van der Waals surface area contributed by atoms with Gasteiger partial charge in [-0.25, -0.2) is 0 Å². The summed E-state index contributed by atoms with van der Waals surface area (Å²) < 4.78 is 0.591. The van der Waals surface area contributed by atoms with Crippen molar-refractivity contribution in [2.24, 2.45) is 11.7 Å². The van der Waals surface area contributed by atoms with Crippen LogP contribution < -0.4 is 5.73 Å². The zero-order chi connectivity index (χ0) is 14.7. The van der Waals surface area contributed by atoms with Crippen LogP contribution in [0.5, 0.6) is 0 Å². The predicted octanol–water partition coefficient (Wildman–Crippen LogP) is 2.92. The molecule has 1 fully saturated rings. The van der Waals surface area contributed by atoms with Crippen LogP contribution in [0.1, 0.15) is 25.3 Å². The van der Waals surface area contributed by atoms with Gasteiger partial charge in [-0.2, -0.15) is 0 Å². The summed E-state index contributed by atoms with van der Waals surface area (Å²) in [4.78, 5) is 12.9. The van der Waals surface area contributed by atoms with Crippen molar-refractivity contribution in [1.82, 2.24) is 4.90 Å². The predicted molar refractivity (Wildman–Crippen MR) is 82.4 cm³/mol. The zero-order valence-electron chi connectivity index (χ0n) is 11.6. The number of nitro groups is 1. The molecule has 2 atom stereocenters. The van der Waals surface area contributed by atoms with Gasteiger partial charge in [-0.05, 0) is 53.7 Å². The van der Waals surface area contributed by atoms with Gasteiger partial charge in [0.15, 0.2) is 0 Å². The Morgan fingerprint density at radius 2 is 2.35 bits per heavy atom. The first-order valence-corrected chi connectivity index (χ1v) is 7.68. The molecule has 0 amide bonds. The maximum atomic E-state index is 11.0. The van der Waals surface area contributed by atoms with Gasteiger partial charge >= 0.3 is 0 Å². The molecular formula is C14H20BrN3O2. The van der Waals surface area contributed by atoms with E-state index in [1.807, 2.05) is 6.07 Å². The highest BCUT2D eigenvalue weighted by Crippen LogP contribution is 2.30. The summed E-state index contributed by atoms with van der Waals surface area (Å²) >= 11 is 3.36. The lowest BCUT2D eigenvalue weighted by atomic mass is 9.92. The second-order valence-electron chi connectivity index (χ2n) is 5.50. The molecule has 1 aromatic carbocycles. The lowest BCUT2D eigenvalue weighted by Gasteiger charge is -2.34. The molecule has 1 saturated heterocycles. The largest absolute Gasteiger partial charge is 0.328 e. The van der Waals surface area contributed by atoms with Crippen molar-refractivity contribution in [1.29, 1.82) is 0 Å². The maximum Gasteiger partial charge on any atom is 0.283 e. The summed E-state index contributed by atoms with van der Waals surface area (Å²) in [5, 5.41) is 11.0. The van der Waals surface area contributed by atoms with Gasteiger partial charge < -0.3 is 5.73 Å². The van der Waals surface area contributed by atoms with Crippen LogP contribution in [0.3, 0.4) is 0 Å². The first kappa shape index (κ1) is 15.4. The first-order valence-electron chi connectivity index (χ1n) is 6.88. The summed E-state index contributed by atoms with van der Waals surface area (Å²) in [5.74, 6) is 0.515. The van der Waals surface area contributed by atoms with E-state index in [4.69, 9.17) is 5.73 Å². The van der Waals surface area contributed by atoms with Crippen molar-refractivity contribution in [2.45, 2.75) is 32.4 Å². The minimum Gasteiger partial charge on any atom is -0.328 e. The average molecular weight is 342 g/mol. The molecule has 2 N–H and O–H groups in total. The lowest BCUT2D eigenvalue weighted by Crippen LogP contribution is -2.41. The molecule has 20 heavy (non-hydrogen) atoms. The normalized spacial score (nSPS) is 21.6. The Morgan fingerprint density at radius 1 is 1.60 bits per heavy atom. The molecule has 1 aromatic rings. The van der Waals surface area contributed by atoms with Gasteiger partial charge in [-0.1, -0.05) is 12.1 Å². The smallest absolute Gasteiger partial charge is 0.283 e. The summed E-state index contributed by atoms with van der Waals surface area (Å²) in [6.45, 7) is 4.77. The average Bonchev–Trinajstić information content (AvgIpc) is 2.41. The Hall–Kier alpha value is -0.980. The van der Waals surface area contributed by atoms with Crippen molar-refractivity contribution < 1.29 is 4.92 Å². The van der Waals surface area contributed by atoms with E-state index < -0.39 is 0 Å². The zero-order valence-corrected chi connectivity index (χ0v) is 13.2. The highest BCUT2D eigenvalue weighted by molar-refractivity contribution is 9.10. The molecule has 1 aliphatic heterocycles. The molecule has 0 aromatic heterocycles. The molecule has 0 saturated carbocycles. The maximum absolute atomic E-state index is 11.0. The van der Waals surface area contributed by atoms with Gasteiger partial charge in [0.25, 0.3) is 5.69 Å². The van der Waals surface area contributed by atoms with E-state index >= 15 is 0 Å². The number of nitrogens with zero attached hydrogens (tertiary/aromatic N) is 2. The van der Waals surface area contributed by atoms with Gasteiger partial charge in [-0.15, -0.1) is 0 Å². The number of hydrogen-bond donors (Lipinski definition) is 1. The van der Waals surface area contributed by atoms with Crippen molar-refractivity contribution in [3.8, 4) is 0 Å². The quantitative estimate of drug-likeness (QED) is 0.675. The number of nitro benzene ring substituents is 1. The van der Waals surface area contributed by atoms with E-state index in [9.17, 15) is 10.1 Å². The Labute approximate surface area is 127 Å².